The van der Waals surface area contributed by atoms with E-state index in [1.807, 2.05) is 18.2 Å². The predicted molar refractivity (Wildman–Crippen MR) is 89.5 cm³/mol. The van der Waals surface area contributed by atoms with Crippen LogP contribution in [0.25, 0.3) is 0 Å². The summed E-state index contributed by atoms with van der Waals surface area (Å²) in [6, 6.07) is 5.48. The van der Waals surface area contributed by atoms with Crippen LogP contribution in [0.4, 0.5) is 5.69 Å². The van der Waals surface area contributed by atoms with Gasteiger partial charge >= 0.3 is 0 Å². The van der Waals surface area contributed by atoms with Crippen molar-refractivity contribution >= 4 is 15.7 Å². The molecule has 1 heterocycles. The van der Waals surface area contributed by atoms with Gasteiger partial charge in [-0.05, 0) is 56.4 Å². The molecule has 1 aliphatic rings. The molecule has 124 valence electrons. The first-order chi connectivity index (χ1) is 10.8. The highest BCUT2D eigenvalue weighted by molar-refractivity contribution is 7.89. The van der Waals surface area contributed by atoms with Crippen LogP contribution in [0, 0.1) is 13.8 Å². The lowest BCUT2D eigenvalue weighted by atomic mass is 9.88. The van der Waals surface area contributed by atoms with Crippen LogP contribution in [0.2, 0.25) is 0 Å². The van der Waals surface area contributed by atoms with Gasteiger partial charge in [-0.3, -0.25) is 4.68 Å². The average molecular weight is 334 g/mol. The SMILES string of the molecule is Cc1nn(C)c(C)c1S(=O)(=O)NC1CCCc2cc(N)ccc21. The number of hydrogen-bond acceptors (Lipinski definition) is 4. The fraction of sp³-hybridized carbons (Fsp3) is 0.438. The zero-order valence-corrected chi connectivity index (χ0v) is 14.4. The molecule has 2 aromatic rings. The first-order valence-corrected chi connectivity index (χ1v) is 9.19. The first kappa shape index (κ1) is 16.0. The molecule has 3 N–H and O–H groups in total. The van der Waals surface area contributed by atoms with E-state index in [9.17, 15) is 8.42 Å². The van der Waals surface area contributed by atoms with Crippen molar-refractivity contribution in [3.8, 4) is 0 Å². The van der Waals surface area contributed by atoms with Crippen LogP contribution in [0.1, 0.15) is 41.4 Å². The number of aromatic nitrogens is 2. The number of nitrogens with zero attached hydrogens (tertiary/aromatic N) is 2. The van der Waals surface area contributed by atoms with E-state index in [0.717, 1.165) is 30.4 Å². The van der Waals surface area contributed by atoms with Crippen LogP contribution in [-0.4, -0.2) is 18.2 Å². The number of hydrogen-bond donors (Lipinski definition) is 2. The van der Waals surface area contributed by atoms with Gasteiger partial charge in [0, 0.05) is 18.8 Å². The van der Waals surface area contributed by atoms with Crippen molar-refractivity contribution in [2.75, 3.05) is 5.73 Å². The van der Waals surface area contributed by atoms with Crippen LogP contribution in [0.5, 0.6) is 0 Å². The van der Waals surface area contributed by atoms with Gasteiger partial charge in [0.15, 0.2) is 0 Å². The minimum Gasteiger partial charge on any atom is -0.399 e. The highest BCUT2D eigenvalue weighted by atomic mass is 32.2. The standard InChI is InChI=1S/C16H22N4O2S/c1-10-16(11(2)20(3)18-10)23(21,22)19-15-6-4-5-12-9-13(17)7-8-14(12)15/h7-9,15,19H,4-6,17H2,1-3H3. The van der Waals surface area contributed by atoms with Crippen LogP contribution >= 0.6 is 0 Å². The monoisotopic (exact) mass is 334 g/mol. The van der Waals surface area contributed by atoms with Crippen molar-refractivity contribution in [2.45, 2.75) is 44.0 Å². The smallest absolute Gasteiger partial charge is 0.244 e. The Labute approximate surface area is 136 Å². The molecule has 23 heavy (non-hydrogen) atoms. The summed E-state index contributed by atoms with van der Waals surface area (Å²) in [4.78, 5) is 0.280. The van der Waals surface area contributed by atoms with Gasteiger partial charge in [0.25, 0.3) is 0 Å². The number of nitrogens with two attached hydrogens (primary N) is 1. The van der Waals surface area contributed by atoms with Gasteiger partial charge in [-0.1, -0.05) is 6.07 Å². The van der Waals surface area contributed by atoms with Gasteiger partial charge in [0.05, 0.1) is 11.4 Å². The van der Waals surface area contributed by atoms with E-state index >= 15 is 0 Å². The maximum atomic E-state index is 12.8. The number of nitrogen functional groups attached to an aromatic ring is 1. The highest BCUT2D eigenvalue weighted by Crippen LogP contribution is 2.32. The average Bonchev–Trinajstić information content (AvgIpc) is 2.72. The van der Waals surface area contributed by atoms with Crippen LogP contribution in [0.3, 0.4) is 0 Å². The summed E-state index contributed by atoms with van der Waals surface area (Å²) in [7, 11) is -1.87. The van der Waals surface area contributed by atoms with E-state index in [-0.39, 0.29) is 10.9 Å². The van der Waals surface area contributed by atoms with Crippen LogP contribution < -0.4 is 10.5 Å². The van der Waals surface area contributed by atoms with E-state index in [0.29, 0.717) is 17.1 Å². The lowest BCUT2D eigenvalue weighted by Gasteiger charge is -2.26. The second-order valence-corrected chi connectivity index (χ2v) is 7.80. The minimum atomic E-state index is -3.62. The fourth-order valence-electron chi connectivity index (χ4n) is 3.35. The van der Waals surface area contributed by atoms with Crippen LogP contribution in [-0.2, 0) is 23.5 Å². The number of benzene rings is 1. The number of anilines is 1. The minimum absolute atomic E-state index is 0.219. The number of sulfonamides is 1. The Morgan fingerprint density at radius 2 is 2.09 bits per heavy atom. The predicted octanol–water partition coefficient (Wildman–Crippen LogP) is 1.98. The number of aryl methyl sites for hydroxylation is 3. The van der Waals surface area contributed by atoms with E-state index in [1.165, 1.54) is 0 Å². The van der Waals surface area contributed by atoms with Gasteiger partial charge in [0.1, 0.15) is 4.90 Å². The van der Waals surface area contributed by atoms with Crippen molar-refractivity contribution in [2.24, 2.45) is 7.05 Å². The van der Waals surface area contributed by atoms with Crippen molar-refractivity contribution in [1.82, 2.24) is 14.5 Å². The molecule has 1 aromatic heterocycles. The van der Waals surface area contributed by atoms with E-state index < -0.39 is 10.0 Å². The maximum absolute atomic E-state index is 12.8. The summed E-state index contributed by atoms with van der Waals surface area (Å²) in [5, 5.41) is 4.21. The zero-order valence-electron chi connectivity index (χ0n) is 13.6. The fourth-order valence-corrected chi connectivity index (χ4v) is 5.03. The Morgan fingerprint density at radius 1 is 1.35 bits per heavy atom. The number of rotatable bonds is 3. The molecule has 6 nitrogen and oxygen atoms in total. The quantitative estimate of drug-likeness (QED) is 0.840. The molecule has 0 saturated heterocycles. The molecule has 1 atom stereocenters. The summed E-state index contributed by atoms with van der Waals surface area (Å²) in [6.45, 7) is 3.49. The summed E-state index contributed by atoms with van der Waals surface area (Å²) in [5.41, 5.74) is 9.86. The third kappa shape index (κ3) is 2.86. The Balaban J connectivity index is 1.97. The third-order valence-corrected chi connectivity index (χ3v) is 6.21. The van der Waals surface area contributed by atoms with Crippen molar-refractivity contribution in [3.63, 3.8) is 0 Å². The third-order valence-electron chi connectivity index (χ3n) is 4.49. The maximum Gasteiger partial charge on any atom is 0.244 e. The lowest BCUT2D eigenvalue weighted by molar-refractivity contribution is 0.507. The summed E-state index contributed by atoms with van der Waals surface area (Å²) >= 11 is 0. The molecule has 1 aromatic carbocycles. The van der Waals surface area contributed by atoms with Gasteiger partial charge < -0.3 is 5.73 Å². The van der Waals surface area contributed by atoms with E-state index in [2.05, 4.69) is 9.82 Å². The first-order valence-electron chi connectivity index (χ1n) is 7.70. The second-order valence-electron chi connectivity index (χ2n) is 6.15. The summed E-state index contributed by atoms with van der Waals surface area (Å²) in [6.07, 6.45) is 2.66. The molecule has 3 rings (SSSR count). The van der Waals surface area contributed by atoms with Gasteiger partial charge in [-0.25, -0.2) is 13.1 Å². The highest BCUT2D eigenvalue weighted by Gasteiger charge is 2.29. The molecule has 0 spiro atoms. The molecule has 0 amide bonds. The summed E-state index contributed by atoms with van der Waals surface area (Å²) in [5.74, 6) is 0. The van der Waals surface area contributed by atoms with E-state index in [1.54, 1.807) is 25.6 Å². The molecule has 1 aliphatic carbocycles. The number of fused-ring (bicyclic) bond motifs is 1. The van der Waals surface area contributed by atoms with Crippen molar-refractivity contribution in [1.29, 1.82) is 0 Å². The molecule has 0 bridgehead atoms. The molecular formula is C16H22N4O2S. The Morgan fingerprint density at radius 3 is 2.74 bits per heavy atom. The van der Waals surface area contributed by atoms with Crippen molar-refractivity contribution in [3.05, 3.63) is 40.7 Å². The molecule has 0 fully saturated rings. The topological polar surface area (TPSA) is 90.0 Å². The molecule has 0 aliphatic heterocycles. The Hall–Kier alpha value is -1.86. The molecule has 1 unspecified atom stereocenters. The molecular weight excluding hydrogens is 312 g/mol. The molecule has 7 heteroatoms. The van der Waals surface area contributed by atoms with Crippen LogP contribution in [0.15, 0.2) is 23.1 Å². The van der Waals surface area contributed by atoms with Gasteiger partial charge in [-0.2, -0.15) is 5.10 Å². The Kier molecular flexibility index (Phi) is 3.93. The Bertz CT molecular complexity index is 855. The molecule has 0 saturated carbocycles. The molecule has 0 radical (unpaired) electrons. The number of nitrogens with one attached hydrogen (secondary N) is 1. The zero-order chi connectivity index (χ0) is 16.8. The largest absolute Gasteiger partial charge is 0.399 e. The second kappa shape index (κ2) is 5.65. The van der Waals surface area contributed by atoms with Gasteiger partial charge in [0.2, 0.25) is 10.0 Å². The normalized spacial score (nSPS) is 18.0. The van der Waals surface area contributed by atoms with E-state index in [4.69, 9.17) is 5.73 Å². The lowest BCUT2D eigenvalue weighted by Crippen LogP contribution is -2.31. The van der Waals surface area contributed by atoms with Crippen molar-refractivity contribution < 1.29 is 8.42 Å². The summed E-state index contributed by atoms with van der Waals surface area (Å²) < 4.78 is 30.1. The van der Waals surface area contributed by atoms with Gasteiger partial charge in [-0.15, -0.1) is 0 Å².